The van der Waals surface area contributed by atoms with Gasteiger partial charge in [-0.3, -0.25) is 0 Å². The Morgan fingerprint density at radius 1 is 1.15 bits per heavy atom. The van der Waals surface area contributed by atoms with Crippen LogP contribution in [-0.2, 0) is 28.4 Å². The molecule has 0 unspecified atom stereocenters. The van der Waals surface area contributed by atoms with Gasteiger partial charge in [0.25, 0.3) is 0 Å². The summed E-state index contributed by atoms with van der Waals surface area (Å²) in [5, 5.41) is 0. The van der Waals surface area contributed by atoms with Crippen molar-refractivity contribution < 1.29 is 38.0 Å². The van der Waals surface area contributed by atoms with E-state index in [1.54, 1.807) is 12.2 Å². The normalized spacial score (nSPS) is 24.9. The number of rotatable bonds is 5. The van der Waals surface area contributed by atoms with Crippen molar-refractivity contribution in [2.45, 2.75) is 25.4 Å². The summed E-state index contributed by atoms with van der Waals surface area (Å²) in [6.45, 7) is 2.11. The molecule has 1 aliphatic rings. The van der Waals surface area contributed by atoms with Crippen LogP contribution in [0.4, 0.5) is 9.59 Å². The fourth-order valence-electron chi connectivity index (χ4n) is 1.50. The minimum atomic E-state index is -0.860. The van der Waals surface area contributed by atoms with E-state index in [2.05, 4.69) is 9.47 Å². The highest BCUT2D eigenvalue weighted by atomic mass is 16.8. The molecule has 0 fully saturated rings. The standard InChI is InChI=1S/C12H18O8/c1-4-17-10-6-5-8(20-12(14)16-3)9(19-10)7-18-11(13)15-2/h5-6,8-10H,4,7H2,1-3H3/t8-,9+,10-/m0/s1. The Kier molecular flexibility index (Phi) is 6.82. The van der Waals surface area contributed by atoms with Gasteiger partial charge >= 0.3 is 12.3 Å². The van der Waals surface area contributed by atoms with E-state index in [4.69, 9.17) is 18.9 Å². The van der Waals surface area contributed by atoms with E-state index in [-0.39, 0.29) is 6.61 Å². The Hall–Kier alpha value is -1.80. The van der Waals surface area contributed by atoms with Crippen LogP contribution >= 0.6 is 0 Å². The van der Waals surface area contributed by atoms with Gasteiger partial charge in [-0.15, -0.1) is 0 Å². The lowest BCUT2D eigenvalue weighted by molar-refractivity contribution is -0.181. The Balaban J connectivity index is 2.63. The van der Waals surface area contributed by atoms with E-state index in [0.29, 0.717) is 6.61 Å². The zero-order chi connectivity index (χ0) is 15.0. The van der Waals surface area contributed by atoms with Crippen molar-refractivity contribution in [3.63, 3.8) is 0 Å². The van der Waals surface area contributed by atoms with Crippen LogP contribution in [0.25, 0.3) is 0 Å². The van der Waals surface area contributed by atoms with Gasteiger partial charge in [-0.1, -0.05) is 0 Å². The highest BCUT2D eigenvalue weighted by Crippen LogP contribution is 2.18. The summed E-state index contributed by atoms with van der Waals surface area (Å²) >= 11 is 0. The summed E-state index contributed by atoms with van der Waals surface area (Å²) in [6.07, 6.45) is -0.575. The Morgan fingerprint density at radius 3 is 2.45 bits per heavy atom. The van der Waals surface area contributed by atoms with Crippen molar-refractivity contribution in [3.05, 3.63) is 12.2 Å². The van der Waals surface area contributed by atoms with Gasteiger partial charge in [-0.2, -0.15) is 0 Å². The van der Waals surface area contributed by atoms with Crippen LogP contribution in [0.1, 0.15) is 6.92 Å². The maximum atomic E-state index is 11.1. The summed E-state index contributed by atoms with van der Waals surface area (Å²) in [5.41, 5.74) is 0. The van der Waals surface area contributed by atoms with Gasteiger partial charge in [0.2, 0.25) is 0 Å². The molecule has 0 aromatic heterocycles. The monoisotopic (exact) mass is 290 g/mol. The van der Waals surface area contributed by atoms with E-state index >= 15 is 0 Å². The second-order valence-electron chi connectivity index (χ2n) is 3.68. The molecule has 0 spiro atoms. The van der Waals surface area contributed by atoms with E-state index in [9.17, 15) is 9.59 Å². The second kappa shape index (κ2) is 8.39. The predicted octanol–water partition coefficient (Wildman–Crippen LogP) is 1.24. The molecule has 0 aliphatic carbocycles. The third kappa shape index (κ3) is 5.06. The molecular weight excluding hydrogens is 272 g/mol. The molecule has 8 nitrogen and oxygen atoms in total. The Morgan fingerprint density at radius 2 is 1.85 bits per heavy atom. The van der Waals surface area contributed by atoms with Crippen molar-refractivity contribution >= 4 is 12.3 Å². The highest BCUT2D eigenvalue weighted by molar-refractivity contribution is 5.60. The minimum absolute atomic E-state index is 0.151. The summed E-state index contributed by atoms with van der Waals surface area (Å²) in [6, 6.07) is 0. The minimum Gasteiger partial charge on any atom is -0.438 e. The molecule has 20 heavy (non-hydrogen) atoms. The molecule has 0 saturated heterocycles. The van der Waals surface area contributed by atoms with Gasteiger partial charge < -0.3 is 28.4 Å². The Labute approximate surface area is 116 Å². The molecule has 0 amide bonds. The zero-order valence-electron chi connectivity index (χ0n) is 11.6. The lowest BCUT2D eigenvalue weighted by atomic mass is 10.1. The topological polar surface area (TPSA) is 89.5 Å². The Bertz CT molecular complexity index is 353. The summed E-state index contributed by atoms with van der Waals surface area (Å²) < 4.78 is 29.3. The lowest BCUT2D eigenvalue weighted by Gasteiger charge is -2.30. The molecule has 3 atom stereocenters. The smallest absolute Gasteiger partial charge is 0.438 e. The van der Waals surface area contributed by atoms with Crippen molar-refractivity contribution in [3.8, 4) is 0 Å². The maximum Gasteiger partial charge on any atom is 0.508 e. The number of ether oxygens (including phenoxy) is 6. The van der Waals surface area contributed by atoms with Crippen LogP contribution in [0, 0.1) is 0 Å². The predicted molar refractivity (Wildman–Crippen MR) is 65.1 cm³/mol. The van der Waals surface area contributed by atoms with Gasteiger partial charge in [-0.05, 0) is 19.1 Å². The van der Waals surface area contributed by atoms with Gasteiger partial charge in [0, 0.05) is 6.61 Å². The van der Waals surface area contributed by atoms with Crippen LogP contribution < -0.4 is 0 Å². The first-order valence-electron chi connectivity index (χ1n) is 6.01. The molecule has 0 saturated carbocycles. The molecule has 0 aromatic carbocycles. The SMILES string of the molecule is CCO[C@@H]1C=C[C@H](OC(=O)OC)[C@@H](COC(=O)OC)O1. The van der Waals surface area contributed by atoms with E-state index in [1.165, 1.54) is 14.2 Å². The zero-order valence-corrected chi connectivity index (χ0v) is 11.6. The molecule has 0 radical (unpaired) electrons. The largest absolute Gasteiger partial charge is 0.508 e. The first kappa shape index (κ1) is 16.3. The third-order valence-corrected chi connectivity index (χ3v) is 2.40. The molecule has 0 bridgehead atoms. The first-order valence-corrected chi connectivity index (χ1v) is 6.01. The molecule has 1 aliphatic heterocycles. The van der Waals surface area contributed by atoms with Crippen LogP contribution in [0.3, 0.4) is 0 Å². The van der Waals surface area contributed by atoms with Crippen LogP contribution in [-0.4, -0.2) is 58.2 Å². The van der Waals surface area contributed by atoms with Crippen molar-refractivity contribution in [2.24, 2.45) is 0 Å². The van der Waals surface area contributed by atoms with Gasteiger partial charge in [0.1, 0.15) is 12.7 Å². The maximum absolute atomic E-state index is 11.1. The molecule has 1 heterocycles. The quantitative estimate of drug-likeness (QED) is 0.552. The number of methoxy groups -OCH3 is 2. The fraction of sp³-hybridized carbons (Fsp3) is 0.667. The van der Waals surface area contributed by atoms with E-state index < -0.39 is 30.8 Å². The van der Waals surface area contributed by atoms with Crippen molar-refractivity contribution in [1.82, 2.24) is 0 Å². The van der Waals surface area contributed by atoms with Crippen LogP contribution in [0.2, 0.25) is 0 Å². The fourth-order valence-corrected chi connectivity index (χ4v) is 1.50. The average molecular weight is 290 g/mol. The van der Waals surface area contributed by atoms with Crippen LogP contribution in [0.15, 0.2) is 12.2 Å². The van der Waals surface area contributed by atoms with E-state index in [0.717, 1.165) is 0 Å². The van der Waals surface area contributed by atoms with Gasteiger partial charge in [0.15, 0.2) is 12.4 Å². The molecule has 1 rings (SSSR count). The molecular formula is C12H18O8. The number of carbonyl (C=O) groups is 2. The van der Waals surface area contributed by atoms with E-state index in [1.807, 2.05) is 6.92 Å². The molecule has 114 valence electrons. The second-order valence-corrected chi connectivity index (χ2v) is 3.68. The summed E-state index contributed by atoms with van der Waals surface area (Å²) in [4.78, 5) is 22.1. The van der Waals surface area contributed by atoms with Crippen LogP contribution in [0.5, 0.6) is 0 Å². The van der Waals surface area contributed by atoms with Gasteiger partial charge in [-0.25, -0.2) is 9.59 Å². The number of hydrogen-bond donors (Lipinski definition) is 0. The average Bonchev–Trinajstić information content (AvgIpc) is 2.46. The summed E-state index contributed by atoms with van der Waals surface area (Å²) in [5.74, 6) is 0. The number of carbonyl (C=O) groups excluding carboxylic acids is 2. The lowest BCUT2D eigenvalue weighted by Crippen LogP contribution is -2.42. The van der Waals surface area contributed by atoms with Crippen molar-refractivity contribution in [1.29, 1.82) is 0 Å². The molecule has 8 heteroatoms. The van der Waals surface area contributed by atoms with Gasteiger partial charge in [0.05, 0.1) is 14.2 Å². The third-order valence-electron chi connectivity index (χ3n) is 2.40. The molecule has 0 aromatic rings. The first-order chi connectivity index (χ1) is 9.60. The molecule has 0 N–H and O–H groups in total. The highest BCUT2D eigenvalue weighted by Gasteiger charge is 2.32. The summed E-state index contributed by atoms with van der Waals surface area (Å²) in [7, 11) is 2.38. The van der Waals surface area contributed by atoms with Crippen molar-refractivity contribution in [2.75, 3.05) is 27.4 Å². The number of hydrogen-bond acceptors (Lipinski definition) is 8.